The number of aliphatic hydroxyl groups excluding tert-OH is 1. The van der Waals surface area contributed by atoms with E-state index < -0.39 is 0 Å². The quantitative estimate of drug-likeness (QED) is 0.790. The van der Waals surface area contributed by atoms with E-state index >= 15 is 0 Å². The Bertz CT molecular complexity index is 334. The maximum absolute atomic E-state index is 9.21. The molecule has 0 fully saturated rings. The van der Waals surface area contributed by atoms with Gasteiger partial charge in [-0.15, -0.1) is 10.2 Å². The Morgan fingerprint density at radius 2 is 2.06 bits per heavy atom. The minimum absolute atomic E-state index is 0.0336. The largest absolute Gasteiger partial charge is 0.388 e. The first kappa shape index (κ1) is 13.1. The molecule has 1 aromatic rings. The van der Waals surface area contributed by atoms with Gasteiger partial charge in [0.1, 0.15) is 12.4 Å². The molecular formula is C11H21N3O2. The van der Waals surface area contributed by atoms with Crippen molar-refractivity contribution in [2.45, 2.75) is 45.8 Å². The highest BCUT2D eigenvalue weighted by Gasteiger charge is 2.26. The highest BCUT2D eigenvalue weighted by molar-refractivity contribution is 5.07. The molecule has 0 aromatic carbocycles. The zero-order valence-corrected chi connectivity index (χ0v) is 10.5. The molecule has 92 valence electrons. The van der Waals surface area contributed by atoms with Crippen LogP contribution in [0.5, 0.6) is 0 Å². The summed E-state index contributed by atoms with van der Waals surface area (Å²) in [7, 11) is 1.66. The molecule has 0 amide bonds. The first-order valence-corrected chi connectivity index (χ1v) is 5.59. The fourth-order valence-electron chi connectivity index (χ4n) is 1.53. The minimum atomic E-state index is -0.0868. The van der Waals surface area contributed by atoms with Crippen molar-refractivity contribution in [2.75, 3.05) is 13.7 Å². The number of methoxy groups -OCH3 is 1. The van der Waals surface area contributed by atoms with Crippen LogP contribution < -0.4 is 0 Å². The lowest BCUT2D eigenvalue weighted by atomic mass is 9.89. The molecule has 16 heavy (non-hydrogen) atoms. The van der Waals surface area contributed by atoms with Crippen LogP contribution in [0.3, 0.4) is 0 Å². The molecular weight excluding hydrogens is 206 g/mol. The molecule has 0 spiro atoms. The van der Waals surface area contributed by atoms with E-state index in [-0.39, 0.29) is 12.0 Å². The molecule has 0 unspecified atom stereocenters. The highest BCUT2D eigenvalue weighted by Crippen LogP contribution is 2.25. The van der Waals surface area contributed by atoms with E-state index in [1.165, 1.54) is 0 Å². The lowest BCUT2D eigenvalue weighted by Gasteiger charge is -2.22. The van der Waals surface area contributed by atoms with Gasteiger partial charge in [-0.25, -0.2) is 0 Å². The number of hydrogen-bond donors (Lipinski definition) is 1. The average molecular weight is 227 g/mol. The second kappa shape index (κ2) is 5.41. The molecule has 1 N–H and O–H groups in total. The zero-order valence-electron chi connectivity index (χ0n) is 10.5. The van der Waals surface area contributed by atoms with Crippen LogP contribution in [0.2, 0.25) is 0 Å². The van der Waals surface area contributed by atoms with E-state index in [2.05, 4.69) is 31.0 Å². The second-order valence-electron chi connectivity index (χ2n) is 4.48. The van der Waals surface area contributed by atoms with Crippen LogP contribution in [0, 0.1) is 0 Å². The van der Waals surface area contributed by atoms with Gasteiger partial charge in [-0.1, -0.05) is 20.8 Å². The molecule has 0 saturated heterocycles. The Morgan fingerprint density at radius 1 is 1.38 bits per heavy atom. The zero-order chi connectivity index (χ0) is 12.2. The second-order valence-corrected chi connectivity index (χ2v) is 4.48. The maximum Gasteiger partial charge on any atom is 0.158 e. The number of aliphatic hydroxyl groups is 1. The van der Waals surface area contributed by atoms with Crippen LogP contribution in [-0.4, -0.2) is 33.6 Å². The van der Waals surface area contributed by atoms with Crippen molar-refractivity contribution < 1.29 is 9.84 Å². The minimum Gasteiger partial charge on any atom is -0.388 e. The van der Waals surface area contributed by atoms with Crippen LogP contribution in [0.1, 0.15) is 38.8 Å². The summed E-state index contributed by atoms with van der Waals surface area (Å²) in [4.78, 5) is 0. The predicted molar refractivity (Wildman–Crippen MR) is 61.1 cm³/mol. The van der Waals surface area contributed by atoms with Crippen molar-refractivity contribution in [3.63, 3.8) is 0 Å². The van der Waals surface area contributed by atoms with Gasteiger partial charge in [0.25, 0.3) is 0 Å². The van der Waals surface area contributed by atoms with Gasteiger partial charge in [-0.2, -0.15) is 0 Å². The smallest absolute Gasteiger partial charge is 0.158 e. The fraction of sp³-hybridized carbons (Fsp3) is 0.818. The third kappa shape index (κ3) is 2.59. The highest BCUT2D eigenvalue weighted by atomic mass is 16.5. The first-order chi connectivity index (χ1) is 7.56. The van der Waals surface area contributed by atoms with Gasteiger partial charge in [-0.05, 0) is 6.42 Å². The van der Waals surface area contributed by atoms with Crippen LogP contribution in [0.15, 0.2) is 0 Å². The molecule has 0 atom stereocenters. The molecule has 5 nitrogen and oxygen atoms in total. The van der Waals surface area contributed by atoms with Gasteiger partial charge in [0.2, 0.25) is 0 Å². The van der Waals surface area contributed by atoms with E-state index in [9.17, 15) is 5.11 Å². The topological polar surface area (TPSA) is 60.2 Å². The van der Waals surface area contributed by atoms with Crippen LogP contribution in [0.25, 0.3) is 0 Å². The van der Waals surface area contributed by atoms with Crippen LogP contribution in [0.4, 0.5) is 0 Å². The van der Waals surface area contributed by atoms with Crippen LogP contribution in [-0.2, 0) is 23.3 Å². The molecule has 0 saturated carbocycles. The number of aromatic nitrogens is 3. The first-order valence-electron chi connectivity index (χ1n) is 5.59. The number of nitrogens with zero attached hydrogens (tertiary/aromatic N) is 3. The Morgan fingerprint density at radius 3 is 2.56 bits per heavy atom. The predicted octanol–water partition coefficient (Wildman–Crippen LogP) is 1.10. The third-order valence-corrected chi connectivity index (χ3v) is 2.98. The molecule has 1 heterocycles. The lowest BCUT2D eigenvalue weighted by Crippen LogP contribution is -2.24. The van der Waals surface area contributed by atoms with E-state index in [0.717, 1.165) is 12.2 Å². The van der Waals surface area contributed by atoms with E-state index in [1.807, 2.05) is 4.57 Å². The average Bonchev–Trinajstić information content (AvgIpc) is 2.69. The lowest BCUT2D eigenvalue weighted by molar-refractivity contribution is 0.180. The van der Waals surface area contributed by atoms with Crippen molar-refractivity contribution in [1.29, 1.82) is 0 Å². The van der Waals surface area contributed by atoms with Crippen molar-refractivity contribution in [3.8, 4) is 0 Å². The Hall–Kier alpha value is -0.940. The van der Waals surface area contributed by atoms with E-state index in [4.69, 9.17) is 4.74 Å². The summed E-state index contributed by atoms with van der Waals surface area (Å²) >= 11 is 0. The summed E-state index contributed by atoms with van der Waals surface area (Å²) < 4.78 is 7.01. The molecule has 5 heteroatoms. The summed E-state index contributed by atoms with van der Waals surface area (Å²) in [6.07, 6.45) is 0.976. The number of rotatable bonds is 6. The summed E-state index contributed by atoms with van der Waals surface area (Å²) in [5.41, 5.74) is -0.0336. The third-order valence-electron chi connectivity index (χ3n) is 2.98. The number of hydrogen-bond acceptors (Lipinski definition) is 4. The molecule has 0 radical (unpaired) electrons. The van der Waals surface area contributed by atoms with Crippen molar-refractivity contribution in [1.82, 2.24) is 14.8 Å². The summed E-state index contributed by atoms with van der Waals surface area (Å²) in [6, 6.07) is 0. The van der Waals surface area contributed by atoms with Gasteiger partial charge in [0, 0.05) is 19.1 Å². The van der Waals surface area contributed by atoms with Gasteiger partial charge in [-0.3, -0.25) is 0 Å². The molecule has 0 aliphatic carbocycles. The molecule has 1 aromatic heterocycles. The maximum atomic E-state index is 9.21. The van der Waals surface area contributed by atoms with E-state index in [1.54, 1.807) is 7.11 Å². The Balaban J connectivity index is 3.04. The normalized spacial score (nSPS) is 12.1. The summed E-state index contributed by atoms with van der Waals surface area (Å²) in [5.74, 6) is 1.52. The van der Waals surface area contributed by atoms with E-state index in [0.29, 0.717) is 19.0 Å². The molecule has 0 aliphatic heterocycles. The van der Waals surface area contributed by atoms with Gasteiger partial charge in [0.05, 0.1) is 6.61 Å². The van der Waals surface area contributed by atoms with Crippen LogP contribution >= 0.6 is 0 Å². The molecule has 0 aliphatic rings. The van der Waals surface area contributed by atoms with Gasteiger partial charge >= 0.3 is 0 Å². The summed E-state index contributed by atoms with van der Waals surface area (Å²) in [6.45, 7) is 7.56. The molecule has 0 bridgehead atoms. The molecule has 1 rings (SSSR count). The Kier molecular flexibility index (Phi) is 4.44. The summed E-state index contributed by atoms with van der Waals surface area (Å²) in [5, 5.41) is 17.4. The SMILES string of the molecule is CCC(C)(C)c1nnc(CO)n1CCOC. The Labute approximate surface area is 96.5 Å². The fourth-order valence-corrected chi connectivity index (χ4v) is 1.53. The number of ether oxygens (including phenoxy) is 1. The standard InChI is InChI=1S/C11H21N3O2/c1-5-11(2,3)10-13-12-9(8-15)14(10)6-7-16-4/h15H,5-8H2,1-4H3. The van der Waals surface area contributed by atoms with Gasteiger partial charge < -0.3 is 14.4 Å². The van der Waals surface area contributed by atoms with Gasteiger partial charge in [0.15, 0.2) is 5.82 Å². The van der Waals surface area contributed by atoms with Crippen molar-refractivity contribution in [3.05, 3.63) is 11.6 Å². The monoisotopic (exact) mass is 227 g/mol. The van der Waals surface area contributed by atoms with Crippen molar-refractivity contribution in [2.24, 2.45) is 0 Å². The van der Waals surface area contributed by atoms with Crippen molar-refractivity contribution >= 4 is 0 Å².